The van der Waals surface area contributed by atoms with E-state index in [2.05, 4.69) is 10.0 Å². The minimum atomic E-state index is -3.87. The molecule has 25 heavy (non-hydrogen) atoms. The number of ether oxygens (including phenoxy) is 1. The van der Waals surface area contributed by atoms with Gasteiger partial charge in [0.2, 0.25) is 0 Å². The second-order valence-corrected chi connectivity index (χ2v) is 7.05. The number of hydrogen-bond donors (Lipinski definition) is 3. The van der Waals surface area contributed by atoms with Gasteiger partial charge in [0.05, 0.1) is 17.0 Å². The molecule has 1 amide bonds. The van der Waals surface area contributed by atoms with Crippen LogP contribution in [0, 0.1) is 0 Å². The van der Waals surface area contributed by atoms with E-state index < -0.39 is 16.0 Å². The number of carboxylic acid groups (broad SMARTS) is 1. The molecule has 0 bridgehead atoms. The molecule has 0 fully saturated rings. The highest BCUT2D eigenvalue weighted by Crippen LogP contribution is 2.30. The van der Waals surface area contributed by atoms with E-state index in [9.17, 15) is 18.0 Å². The molecule has 1 aliphatic rings. The number of aliphatic carboxylic acids is 1. The number of fused-ring (bicyclic) bond motifs is 1. The quantitative estimate of drug-likeness (QED) is 0.740. The van der Waals surface area contributed by atoms with Gasteiger partial charge in [0.25, 0.3) is 15.9 Å². The summed E-state index contributed by atoms with van der Waals surface area (Å²) >= 11 is 0. The van der Waals surface area contributed by atoms with Crippen LogP contribution in [0.1, 0.15) is 5.56 Å². The number of anilines is 2. The third kappa shape index (κ3) is 3.89. The lowest BCUT2D eigenvalue weighted by molar-refractivity contribution is -0.136. The third-order valence-electron chi connectivity index (χ3n) is 3.46. The van der Waals surface area contributed by atoms with Crippen molar-refractivity contribution in [2.24, 2.45) is 0 Å². The summed E-state index contributed by atoms with van der Waals surface area (Å²) in [6.07, 6.45) is -0.141. The molecular weight excluding hydrogens is 348 g/mol. The van der Waals surface area contributed by atoms with E-state index >= 15 is 0 Å². The van der Waals surface area contributed by atoms with Crippen LogP contribution in [-0.2, 0) is 26.0 Å². The summed E-state index contributed by atoms with van der Waals surface area (Å²) in [5.74, 6) is -0.924. The van der Waals surface area contributed by atoms with Gasteiger partial charge in [0, 0.05) is 5.69 Å². The molecule has 2 aromatic carbocycles. The monoisotopic (exact) mass is 362 g/mol. The number of carbonyl (C=O) groups is 2. The van der Waals surface area contributed by atoms with Gasteiger partial charge >= 0.3 is 5.97 Å². The average molecular weight is 362 g/mol. The fraction of sp³-hybridized carbons (Fsp3) is 0.125. The van der Waals surface area contributed by atoms with Crippen LogP contribution in [0.3, 0.4) is 0 Å². The van der Waals surface area contributed by atoms with Crippen molar-refractivity contribution in [2.75, 3.05) is 16.6 Å². The summed E-state index contributed by atoms with van der Waals surface area (Å²) < 4.78 is 32.5. The minimum absolute atomic E-state index is 0.0355. The van der Waals surface area contributed by atoms with Crippen LogP contribution in [0.5, 0.6) is 5.75 Å². The lowest BCUT2D eigenvalue weighted by Crippen LogP contribution is -2.25. The number of amides is 1. The molecule has 0 aromatic heterocycles. The smallest absolute Gasteiger partial charge is 0.307 e. The minimum Gasteiger partial charge on any atom is -0.482 e. The Balaban J connectivity index is 1.81. The van der Waals surface area contributed by atoms with Crippen molar-refractivity contribution < 1.29 is 27.9 Å². The van der Waals surface area contributed by atoms with Crippen LogP contribution in [-0.4, -0.2) is 32.0 Å². The Kier molecular flexibility index (Phi) is 4.32. The number of nitrogens with one attached hydrogen (secondary N) is 2. The van der Waals surface area contributed by atoms with Gasteiger partial charge in [-0.2, -0.15) is 0 Å². The van der Waals surface area contributed by atoms with Crippen LogP contribution in [0.4, 0.5) is 11.4 Å². The number of rotatable bonds is 5. The molecule has 1 aliphatic heterocycles. The number of benzene rings is 2. The molecule has 0 spiro atoms. The largest absolute Gasteiger partial charge is 0.482 e. The average Bonchev–Trinajstić information content (AvgIpc) is 2.55. The second-order valence-electron chi connectivity index (χ2n) is 5.37. The van der Waals surface area contributed by atoms with Crippen LogP contribution in [0.2, 0.25) is 0 Å². The van der Waals surface area contributed by atoms with Crippen LogP contribution in [0.15, 0.2) is 47.4 Å². The van der Waals surface area contributed by atoms with E-state index in [1.54, 1.807) is 0 Å². The lowest BCUT2D eigenvalue weighted by atomic mass is 10.1. The summed E-state index contributed by atoms with van der Waals surface area (Å²) in [5, 5.41) is 11.3. The Morgan fingerprint density at radius 3 is 2.60 bits per heavy atom. The molecular formula is C16H14N2O6S. The van der Waals surface area contributed by atoms with Gasteiger partial charge in [-0.25, -0.2) is 8.42 Å². The van der Waals surface area contributed by atoms with Crippen LogP contribution >= 0.6 is 0 Å². The molecule has 3 N–H and O–H groups in total. The van der Waals surface area contributed by atoms with Crippen molar-refractivity contribution in [1.82, 2.24) is 0 Å². The van der Waals surface area contributed by atoms with Gasteiger partial charge in [0.15, 0.2) is 6.61 Å². The summed E-state index contributed by atoms with van der Waals surface area (Å²) in [5.41, 5.74) is 1.15. The summed E-state index contributed by atoms with van der Waals surface area (Å²) in [7, 11) is -3.87. The van der Waals surface area contributed by atoms with Gasteiger partial charge in [-0.3, -0.25) is 14.3 Å². The number of carboxylic acids is 1. The first-order chi connectivity index (χ1) is 11.8. The van der Waals surface area contributed by atoms with Crippen molar-refractivity contribution in [1.29, 1.82) is 0 Å². The molecule has 0 saturated carbocycles. The van der Waals surface area contributed by atoms with Crippen molar-refractivity contribution >= 4 is 33.3 Å². The van der Waals surface area contributed by atoms with Crippen molar-refractivity contribution in [2.45, 2.75) is 11.3 Å². The molecule has 130 valence electrons. The van der Waals surface area contributed by atoms with Crippen molar-refractivity contribution in [3.05, 3.63) is 48.0 Å². The number of hydrogen-bond acceptors (Lipinski definition) is 5. The molecule has 0 saturated heterocycles. The standard InChI is InChI=1S/C16H14N2O6S/c19-15-9-24-14-6-5-12(8-13(14)17-15)25(22,23)18-11-3-1-10(2-4-11)7-16(20)21/h1-6,8,18H,7,9H2,(H,17,19)(H,20,21). The van der Waals surface area contributed by atoms with Gasteiger partial charge < -0.3 is 15.2 Å². The second kappa shape index (κ2) is 6.44. The topological polar surface area (TPSA) is 122 Å². The highest BCUT2D eigenvalue weighted by atomic mass is 32.2. The first kappa shape index (κ1) is 16.8. The molecule has 8 nitrogen and oxygen atoms in total. The normalized spacial score (nSPS) is 13.4. The zero-order valence-electron chi connectivity index (χ0n) is 12.9. The number of sulfonamides is 1. The Morgan fingerprint density at radius 2 is 1.92 bits per heavy atom. The Bertz CT molecular complexity index is 938. The predicted molar refractivity (Wildman–Crippen MR) is 89.2 cm³/mol. The van der Waals surface area contributed by atoms with E-state index in [-0.39, 0.29) is 29.5 Å². The highest BCUT2D eigenvalue weighted by Gasteiger charge is 2.21. The summed E-state index contributed by atoms with van der Waals surface area (Å²) in [6.45, 7) is -0.111. The fourth-order valence-electron chi connectivity index (χ4n) is 2.31. The summed E-state index contributed by atoms with van der Waals surface area (Å²) in [6, 6.07) is 10.2. The van der Waals surface area contributed by atoms with Gasteiger partial charge in [0.1, 0.15) is 5.75 Å². The van der Waals surface area contributed by atoms with Crippen LogP contribution in [0.25, 0.3) is 0 Å². The lowest BCUT2D eigenvalue weighted by Gasteiger charge is -2.18. The number of carbonyl (C=O) groups excluding carboxylic acids is 1. The Morgan fingerprint density at radius 1 is 1.20 bits per heavy atom. The molecule has 0 radical (unpaired) electrons. The van der Waals surface area contributed by atoms with Gasteiger partial charge in [-0.1, -0.05) is 12.1 Å². The molecule has 0 unspecified atom stereocenters. The van der Waals surface area contributed by atoms with E-state index in [4.69, 9.17) is 9.84 Å². The molecule has 2 aromatic rings. The molecule has 3 rings (SSSR count). The Labute approximate surface area is 143 Å². The first-order valence-electron chi connectivity index (χ1n) is 7.24. The highest BCUT2D eigenvalue weighted by molar-refractivity contribution is 7.92. The third-order valence-corrected chi connectivity index (χ3v) is 4.83. The zero-order valence-corrected chi connectivity index (χ0v) is 13.7. The maximum Gasteiger partial charge on any atom is 0.307 e. The van der Waals surface area contributed by atoms with Crippen molar-refractivity contribution in [3.8, 4) is 5.75 Å². The van der Waals surface area contributed by atoms with Gasteiger partial charge in [-0.15, -0.1) is 0 Å². The van der Waals surface area contributed by atoms with Crippen molar-refractivity contribution in [3.63, 3.8) is 0 Å². The Hall–Kier alpha value is -3.07. The first-order valence-corrected chi connectivity index (χ1v) is 8.72. The maximum absolute atomic E-state index is 12.5. The zero-order chi connectivity index (χ0) is 18.0. The van der Waals surface area contributed by atoms with Gasteiger partial charge in [-0.05, 0) is 35.9 Å². The van der Waals surface area contributed by atoms with E-state index in [0.29, 0.717) is 17.0 Å². The van der Waals surface area contributed by atoms with E-state index in [0.717, 1.165) is 0 Å². The SMILES string of the molecule is O=C(O)Cc1ccc(NS(=O)(=O)c2ccc3c(c2)NC(=O)CO3)cc1. The molecule has 0 atom stereocenters. The predicted octanol–water partition coefficient (Wildman–Crippen LogP) is 1.45. The van der Waals surface area contributed by atoms with Crippen LogP contribution < -0.4 is 14.8 Å². The molecule has 9 heteroatoms. The molecule has 0 aliphatic carbocycles. The van der Waals surface area contributed by atoms with E-state index in [1.807, 2.05) is 0 Å². The van der Waals surface area contributed by atoms with E-state index in [1.165, 1.54) is 42.5 Å². The fourth-order valence-corrected chi connectivity index (χ4v) is 3.39. The summed E-state index contributed by atoms with van der Waals surface area (Å²) in [4.78, 5) is 22.0. The molecule has 1 heterocycles. The maximum atomic E-state index is 12.5.